The monoisotopic (exact) mass is 771 g/mol. The highest BCUT2D eigenvalue weighted by Gasteiger charge is 2.38. The summed E-state index contributed by atoms with van der Waals surface area (Å²) in [4.78, 5) is 79.2. The molecule has 15 heteroatoms. The Bertz CT molecular complexity index is 1380. The Hall–Kier alpha value is -4.69. The minimum absolute atomic E-state index is 0.0812. The predicted molar refractivity (Wildman–Crippen MR) is 212 cm³/mol. The summed E-state index contributed by atoms with van der Waals surface area (Å²) in [6.45, 7) is 5.75. The lowest BCUT2D eigenvalue weighted by Gasteiger charge is -2.29. The molecule has 0 spiro atoms. The van der Waals surface area contributed by atoms with Gasteiger partial charge in [-0.1, -0.05) is 101 Å². The van der Waals surface area contributed by atoms with Crippen LogP contribution in [0.5, 0.6) is 0 Å². The Morgan fingerprint density at radius 2 is 1.40 bits per heavy atom. The molecule has 55 heavy (non-hydrogen) atoms. The number of rotatable bonds is 27. The lowest BCUT2D eigenvalue weighted by molar-refractivity contribution is -0.144. The van der Waals surface area contributed by atoms with E-state index in [1.165, 1.54) is 63.7 Å². The number of benzene rings is 1. The first-order chi connectivity index (χ1) is 26.3. The number of nitrogens with zero attached hydrogens (tertiary/aromatic N) is 1. The molecule has 1 fully saturated rings. The maximum Gasteiger partial charge on any atom is 0.326 e. The quantitative estimate of drug-likeness (QED) is 0.0372. The largest absolute Gasteiger partial charge is 0.480 e. The standard InChI is InChI=1S/C40H66N8O7/c1-4-5-6-7-8-9-10-11-12-13-17-24-34(49)46-31(22-18-25-43-40(41)42)36(51)44-28(2)35(50)45-29(3)38(53)48-26-19-23-33(48)37(52)47-32(39(54)55)27-30-20-15-14-16-21-30/h14-16,20-21,28-29,31-33H,4-13,17-19,22-27H2,1-3H3,(H,44,51)(H,45,50)(H,46,49)(H,47,52)(H,54,55)(H4,41,42,43)/t28-,29-,31-,32-,33-/m0/s1. The molecule has 5 amide bonds. The molecular weight excluding hydrogens is 704 g/mol. The van der Waals surface area contributed by atoms with Gasteiger partial charge in [0.1, 0.15) is 30.2 Å². The molecule has 5 atom stereocenters. The molecule has 1 aliphatic heterocycles. The van der Waals surface area contributed by atoms with Gasteiger partial charge in [-0.3, -0.25) is 29.4 Å². The van der Waals surface area contributed by atoms with Crippen LogP contribution in [0.15, 0.2) is 30.3 Å². The van der Waals surface area contributed by atoms with E-state index < -0.39 is 59.8 Å². The molecule has 0 bridgehead atoms. The Morgan fingerprint density at radius 3 is 2.00 bits per heavy atom. The Labute approximate surface area is 326 Å². The Morgan fingerprint density at radius 1 is 0.800 bits per heavy atom. The highest BCUT2D eigenvalue weighted by molar-refractivity contribution is 5.96. The molecule has 1 saturated heterocycles. The lowest BCUT2D eigenvalue weighted by Crippen LogP contribution is -2.57. The van der Waals surface area contributed by atoms with E-state index >= 15 is 0 Å². The first-order valence-electron chi connectivity index (χ1n) is 20.2. The predicted octanol–water partition coefficient (Wildman–Crippen LogP) is 3.25. The minimum Gasteiger partial charge on any atom is -0.480 e. The van der Waals surface area contributed by atoms with Gasteiger partial charge in [0.05, 0.1) is 0 Å². The van der Waals surface area contributed by atoms with E-state index in [2.05, 4.69) is 33.5 Å². The molecular formula is C40H66N8O7. The number of nitrogens with one attached hydrogen (secondary N) is 6. The molecule has 308 valence electrons. The molecule has 0 radical (unpaired) electrons. The van der Waals surface area contributed by atoms with Gasteiger partial charge in [0.15, 0.2) is 5.96 Å². The van der Waals surface area contributed by atoms with Crippen LogP contribution in [0.4, 0.5) is 0 Å². The van der Waals surface area contributed by atoms with Gasteiger partial charge < -0.3 is 42.3 Å². The van der Waals surface area contributed by atoms with E-state index in [4.69, 9.17) is 11.1 Å². The second-order valence-corrected chi connectivity index (χ2v) is 14.6. The van der Waals surface area contributed by atoms with E-state index in [1.54, 1.807) is 24.3 Å². The molecule has 1 aliphatic rings. The van der Waals surface area contributed by atoms with Crippen molar-refractivity contribution < 1.29 is 33.9 Å². The first-order valence-corrected chi connectivity index (χ1v) is 20.2. The summed E-state index contributed by atoms with van der Waals surface area (Å²) in [5, 5.41) is 30.4. The van der Waals surface area contributed by atoms with Crippen LogP contribution in [0.2, 0.25) is 0 Å². The number of aliphatic carboxylic acids is 1. The van der Waals surface area contributed by atoms with Crippen molar-refractivity contribution in [1.29, 1.82) is 5.41 Å². The molecule has 9 N–H and O–H groups in total. The second-order valence-electron chi connectivity index (χ2n) is 14.6. The number of carboxylic acids is 1. The smallest absolute Gasteiger partial charge is 0.326 e. The summed E-state index contributed by atoms with van der Waals surface area (Å²) in [7, 11) is 0. The number of carbonyl (C=O) groups excluding carboxylic acids is 5. The molecule has 1 aromatic carbocycles. The summed E-state index contributed by atoms with van der Waals surface area (Å²) in [5.74, 6) is -3.93. The van der Waals surface area contributed by atoms with Gasteiger partial charge in [0.25, 0.3) is 0 Å². The van der Waals surface area contributed by atoms with Crippen LogP contribution in [0.1, 0.15) is 129 Å². The van der Waals surface area contributed by atoms with E-state index in [0.29, 0.717) is 32.2 Å². The molecule has 0 unspecified atom stereocenters. The van der Waals surface area contributed by atoms with E-state index in [0.717, 1.165) is 24.8 Å². The number of likely N-dealkylation sites (tertiary alicyclic amines) is 1. The number of nitrogens with two attached hydrogens (primary N) is 1. The number of hydrogen-bond donors (Lipinski definition) is 8. The topological polar surface area (TPSA) is 236 Å². The maximum absolute atomic E-state index is 13.4. The summed E-state index contributed by atoms with van der Waals surface area (Å²) in [5.41, 5.74) is 6.11. The van der Waals surface area contributed by atoms with Gasteiger partial charge in [0, 0.05) is 25.9 Å². The molecule has 0 aliphatic carbocycles. The summed E-state index contributed by atoms with van der Waals surface area (Å²) in [6, 6.07) is 3.81. The number of hydrogen-bond acceptors (Lipinski definition) is 7. The summed E-state index contributed by atoms with van der Waals surface area (Å²) >= 11 is 0. The van der Waals surface area contributed by atoms with Crippen molar-refractivity contribution >= 4 is 41.5 Å². The van der Waals surface area contributed by atoms with Crippen LogP contribution in [-0.2, 0) is 35.2 Å². The zero-order valence-corrected chi connectivity index (χ0v) is 33.1. The van der Waals surface area contributed by atoms with Gasteiger partial charge in [0.2, 0.25) is 29.5 Å². The van der Waals surface area contributed by atoms with Gasteiger partial charge in [-0.25, -0.2) is 4.79 Å². The molecule has 15 nitrogen and oxygen atoms in total. The van der Waals surface area contributed by atoms with Crippen molar-refractivity contribution in [3.05, 3.63) is 35.9 Å². The highest BCUT2D eigenvalue weighted by Crippen LogP contribution is 2.19. The lowest BCUT2D eigenvalue weighted by atomic mass is 10.0. The normalized spacial score (nSPS) is 15.9. The number of guanidine groups is 1. The van der Waals surface area contributed by atoms with Crippen LogP contribution < -0.4 is 32.3 Å². The minimum atomic E-state index is -1.19. The molecule has 0 aromatic heterocycles. The van der Waals surface area contributed by atoms with Crippen LogP contribution in [-0.4, -0.2) is 94.8 Å². The second kappa shape index (κ2) is 26.2. The van der Waals surface area contributed by atoms with Crippen LogP contribution in [0.25, 0.3) is 0 Å². The van der Waals surface area contributed by atoms with Gasteiger partial charge >= 0.3 is 5.97 Å². The molecule has 2 rings (SSSR count). The number of carboxylic acid groups (broad SMARTS) is 1. The van der Waals surface area contributed by atoms with Crippen LogP contribution in [0, 0.1) is 5.41 Å². The van der Waals surface area contributed by atoms with E-state index in [9.17, 15) is 33.9 Å². The number of amides is 5. The fourth-order valence-electron chi connectivity index (χ4n) is 6.66. The van der Waals surface area contributed by atoms with Crippen LogP contribution >= 0.6 is 0 Å². The fourth-order valence-corrected chi connectivity index (χ4v) is 6.66. The van der Waals surface area contributed by atoms with E-state index in [-0.39, 0.29) is 37.7 Å². The summed E-state index contributed by atoms with van der Waals surface area (Å²) in [6.07, 6.45) is 14.6. The van der Waals surface area contributed by atoms with Crippen molar-refractivity contribution in [1.82, 2.24) is 31.5 Å². The average molecular weight is 771 g/mol. The highest BCUT2D eigenvalue weighted by atomic mass is 16.4. The van der Waals surface area contributed by atoms with Crippen molar-refractivity contribution in [2.24, 2.45) is 5.73 Å². The third kappa shape index (κ3) is 18.5. The van der Waals surface area contributed by atoms with Crippen molar-refractivity contribution in [2.45, 2.75) is 160 Å². The maximum atomic E-state index is 13.4. The van der Waals surface area contributed by atoms with E-state index in [1.807, 2.05) is 6.07 Å². The SMILES string of the molecule is CCCCCCCCCCCCCC(=O)N[C@@H](CCCNC(=N)N)C(=O)N[C@@H](C)C(=O)N[C@@H](C)C(=O)N1CCC[C@H]1C(=O)N[C@@H](Cc1ccccc1)C(=O)O. The molecule has 1 heterocycles. The van der Waals surface area contributed by atoms with Crippen molar-refractivity contribution in [3.8, 4) is 0 Å². The zero-order valence-electron chi connectivity index (χ0n) is 33.1. The third-order valence-electron chi connectivity index (χ3n) is 9.86. The average Bonchev–Trinajstić information content (AvgIpc) is 3.65. The van der Waals surface area contributed by atoms with Gasteiger partial charge in [-0.15, -0.1) is 0 Å². The Kier molecular flexibility index (Phi) is 22.1. The third-order valence-corrected chi connectivity index (χ3v) is 9.86. The summed E-state index contributed by atoms with van der Waals surface area (Å²) < 4.78 is 0. The van der Waals surface area contributed by atoms with Crippen molar-refractivity contribution in [3.63, 3.8) is 0 Å². The van der Waals surface area contributed by atoms with Crippen LogP contribution in [0.3, 0.4) is 0 Å². The van der Waals surface area contributed by atoms with Gasteiger partial charge in [-0.05, 0) is 51.5 Å². The van der Waals surface area contributed by atoms with Crippen molar-refractivity contribution in [2.75, 3.05) is 13.1 Å². The fraction of sp³-hybridized carbons (Fsp3) is 0.675. The van der Waals surface area contributed by atoms with Gasteiger partial charge in [-0.2, -0.15) is 0 Å². The molecule has 1 aromatic rings. The number of carbonyl (C=O) groups is 6. The zero-order chi connectivity index (χ0) is 40.6. The Balaban J connectivity index is 1.87. The number of unbranched alkanes of at least 4 members (excludes halogenated alkanes) is 10. The molecule has 0 saturated carbocycles. The first kappa shape index (κ1) is 46.5.